The summed E-state index contributed by atoms with van der Waals surface area (Å²) >= 11 is 6.06. The highest BCUT2D eigenvalue weighted by atomic mass is 35.5. The van der Waals surface area contributed by atoms with E-state index in [1.54, 1.807) is 12.1 Å². The molecule has 0 saturated heterocycles. The minimum atomic E-state index is -0.0890. The average Bonchev–Trinajstić information content (AvgIpc) is 2.85. The maximum Gasteiger partial charge on any atom is 0.251 e. The van der Waals surface area contributed by atoms with Gasteiger partial charge in [0.25, 0.3) is 5.91 Å². The Morgan fingerprint density at radius 2 is 2.11 bits per heavy atom. The maximum atomic E-state index is 12.2. The minimum absolute atomic E-state index is 0.0715. The van der Waals surface area contributed by atoms with Crippen LogP contribution in [0.1, 0.15) is 41.6 Å². The molecule has 0 aromatic heterocycles. The van der Waals surface area contributed by atoms with E-state index in [2.05, 4.69) is 5.32 Å². The first-order chi connectivity index (χ1) is 9.06. The number of carbonyl (C=O) groups excluding carboxylic acids is 1. The summed E-state index contributed by atoms with van der Waals surface area (Å²) in [6, 6.07) is 4.79. The van der Waals surface area contributed by atoms with E-state index in [1.807, 2.05) is 6.92 Å². The van der Waals surface area contributed by atoms with Crippen LogP contribution in [0.3, 0.4) is 0 Å². The van der Waals surface area contributed by atoms with Crippen molar-refractivity contribution in [2.24, 2.45) is 5.41 Å². The highest BCUT2D eigenvalue weighted by Crippen LogP contribution is 2.38. The summed E-state index contributed by atoms with van der Waals surface area (Å²) in [7, 11) is 0. The molecule has 0 aliphatic heterocycles. The van der Waals surface area contributed by atoms with Crippen LogP contribution in [0, 0.1) is 12.3 Å². The zero-order valence-electron chi connectivity index (χ0n) is 11.2. The van der Waals surface area contributed by atoms with Gasteiger partial charge in [-0.2, -0.15) is 0 Å². The van der Waals surface area contributed by atoms with Crippen LogP contribution < -0.4 is 5.32 Å². The number of amides is 1. The summed E-state index contributed by atoms with van der Waals surface area (Å²) < 4.78 is 0. The van der Waals surface area contributed by atoms with Gasteiger partial charge in [0, 0.05) is 23.4 Å². The Morgan fingerprint density at radius 3 is 2.68 bits per heavy atom. The van der Waals surface area contributed by atoms with Crippen molar-refractivity contribution in [1.82, 2.24) is 5.32 Å². The SMILES string of the molecule is Cc1cc(O)ccc1C(=O)NCC1(CCl)CCCC1. The van der Waals surface area contributed by atoms with E-state index in [0.29, 0.717) is 18.0 Å². The maximum absolute atomic E-state index is 12.2. The molecule has 1 fully saturated rings. The molecule has 1 aromatic carbocycles. The molecular weight excluding hydrogens is 262 g/mol. The second-order valence-electron chi connectivity index (χ2n) is 5.52. The first-order valence-electron chi connectivity index (χ1n) is 6.70. The number of carbonyl (C=O) groups is 1. The summed E-state index contributed by atoms with van der Waals surface area (Å²) in [5.74, 6) is 0.693. The normalized spacial score (nSPS) is 17.4. The predicted octanol–water partition coefficient (Wildman–Crippen LogP) is 3.23. The lowest BCUT2D eigenvalue weighted by molar-refractivity contribution is 0.0934. The summed E-state index contributed by atoms with van der Waals surface area (Å²) in [6.07, 6.45) is 4.57. The molecular formula is C15H20ClNO2. The third-order valence-corrected chi connectivity index (χ3v) is 4.59. The highest BCUT2D eigenvalue weighted by Gasteiger charge is 2.33. The van der Waals surface area contributed by atoms with E-state index in [1.165, 1.54) is 18.9 Å². The minimum Gasteiger partial charge on any atom is -0.508 e. The molecule has 1 amide bonds. The number of benzene rings is 1. The fraction of sp³-hybridized carbons (Fsp3) is 0.533. The molecule has 1 saturated carbocycles. The van der Waals surface area contributed by atoms with E-state index in [4.69, 9.17) is 11.6 Å². The molecule has 2 N–H and O–H groups in total. The van der Waals surface area contributed by atoms with Crippen molar-refractivity contribution in [3.05, 3.63) is 29.3 Å². The van der Waals surface area contributed by atoms with Crippen LogP contribution in [0.5, 0.6) is 5.75 Å². The first kappa shape index (κ1) is 14.2. The second-order valence-corrected chi connectivity index (χ2v) is 5.79. The number of aromatic hydroxyl groups is 1. The van der Waals surface area contributed by atoms with Crippen molar-refractivity contribution >= 4 is 17.5 Å². The molecule has 0 bridgehead atoms. The van der Waals surface area contributed by atoms with Crippen molar-refractivity contribution in [2.45, 2.75) is 32.6 Å². The van der Waals surface area contributed by atoms with Gasteiger partial charge in [0.1, 0.15) is 5.75 Å². The van der Waals surface area contributed by atoms with Gasteiger partial charge in [-0.1, -0.05) is 12.8 Å². The lowest BCUT2D eigenvalue weighted by Gasteiger charge is -2.26. The van der Waals surface area contributed by atoms with Gasteiger partial charge in [-0.15, -0.1) is 11.6 Å². The van der Waals surface area contributed by atoms with Gasteiger partial charge in [0.05, 0.1) is 0 Å². The number of rotatable bonds is 4. The van der Waals surface area contributed by atoms with E-state index >= 15 is 0 Å². The van der Waals surface area contributed by atoms with Crippen LogP contribution in [-0.4, -0.2) is 23.4 Å². The van der Waals surface area contributed by atoms with E-state index < -0.39 is 0 Å². The fourth-order valence-corrected chi connectivity index (χ4v) is 3.11. The molecule has 4 heteroatoms. The number of alkyl halides is 1. The Bertz CT molecular complexity index is 467. The smallest absolute Gasteiger partial charge is 0.251 e. The topological polar surface area (TPSA) is 49.3 Å². The number of nitrogens with one attached hydrogen (secondary N) is 1. The average molecular weight is 282 g/mol. The molecule has 1 aliphatic carbocycles. The summed E-state index contributed by atoms with van der Waals surface area (Å²) in [6.45, 7) is 2.46. The third-order valence-electron chi connectivity index (χ3n) is 4.03. The van der Waals surface area contributed by atoms with Gasteiger partial charge in [-0.3, -0.25) is 4.79 Å². The summed E-state index contributed by atoms with van der Waals surface area (Å²) in [5, 5.41) is 12.3. The van der Waals surface area contributed by atoms with Crippen LogP contribution in [0.2, 0.25) is 0 Å². The van der Waals surface area contributed by atoms with Gasteiger partial charge in [-0.25, -0.2) is 0 Å². The van der Waals surface area contributed by atoms with E-state index in [9.17, 15) is 9.90 Å². The number of phenols is 1. The third kappa shape index (κ3) is 3.21. The molecule has 0 heterocycles. The standard InChI is InChI=1S/C15H20ClNO2/c1-11-8-12(18)4-5-13(11)14(19)17-10-15(9-16)6-2-3-7-15/h4-5,8,18H,2-3,6-7,9-10H2,1H3,(H,17,19). The van der Waals surface area contributed by atoms with Crippen molar-refractivity contribution < 1.29 is 9.90 Å². The Hall–Kier alpha value is -1.22. The van der Waals surface area contributed by atoms with Crippen molar-refractivity contribution in [3.8, 4) is 5.75 Å². The van der Waals surface area contributed by atoms with Gasteiger partial charge < -0.3 is 10.4 Å². The zero-order chi connectivity index (χ0) is 13.9. The molecule has 1 aromatic rings. The number of aryl methyl sites for hydroxylation is 1. The molecule has 0 radical (unpaired) electrons. The first-order valence-corrected chi connectivity index (χ1v) is 7.24. The number of phenolic OH excluding ortho intramolecular Hbond substituents is 1. The lowest BCUT2D eigenvalue weighted by atomic mass is 9.88. The van der Waals surface area contributed by atoms with Gasteiger partial charge >= 0.3 is 0 Å². The van der Waals surface area contributed by atoms with Gasteiger partial charge in [-0.05, 0) is 43.5 Å². The molecule has 0 unspecified atom stereocenters. The van der Waals surface area contributed by atoms with E-state index in [0.717, 1.165) is 18.4 Å². The number of hydrogen-bond acceptors (Lipinski definition) is 2. The zero-order valence-corrected chi connectivity index (χ0v) is 12.0. The lowest BCUT2D eigenvalue weighted by Crippen LogP contribution is -2.37. The van der Waals surface area contributed by atoms with Crippen molar-refractivity contribution in [2.75, 3.05) is 12.4 Å². The summed E-state index contributed by atoms with van der Waals surface area (Å²) in [4.78, 5) is 12.2. The molecule has 2 rings (SSSR count). The fourth-order valence-electron chi connectivity index (χ4n) is 2.75. The monoisotopic (exact) mass is 281 g/mol. The molecule has 3 nitrogen and oxygen atoms in total. The van der Waals surface area contributed by atoms with Gasteiger partial charge in [0.2, 0.25) is 0 Å². The molecule has 1 aliphatic rings. The van der Waals surface area contributed by atoms with Crippen LogP contribution in [0.25, 0.3) is 0 Å². The van der Waals surface area contributed by atoms with Gasteiger partial charge in [0.15, 0.2) is 0 Å². The van der Waals surface area contributed by atoms with Crippen molar-refractivity contribution in [1.29, 1.82) is 0 Å². The van der Waals surface area contributed by atoms with Crippen LogP contribution >= 0.6 is 11.6 Å². The Labute approximate surface area is 119 Å². The molecule has 0 spiro atoms. The molecule has 19 heavy (non-hydrogen) atoms. The Kier molecular flexibility index (Phi) is 4.35. The van der Waals surface area contributed by atoms with E-state index in [-0.39, 0.29) is 17.1 Å². The van der Waals surface area contributed by atoms with Crippen LogP contribution in [0.15, 0.2) is 18.2 Å². The quantitative estimate of drug-likeness (QED) is 0.833. The van der Waals surface area contributed by atoms with Crippen LogP contribution in [-0.2, 0) is 0 Å². The number of halogens is 1. The molecule has 104 valence electrons. The predicted molar refractivity (Wildman–Crippen MR) is 76.8 cm³/mol. The van der Waals surface area contributed by atoms with Crippen molar-refractivity contribution in [3.63, 3.8) is 0 Å². The largest absolute Gasteiger partial charge is 0.508 e. The Balaban J connectivity index is 2.01. The molecule has 0 atom stereocenters. The number of hydrogen-bond donors (Lipinski definition) is 2. The van der Waals surface area contributed by atoms with Crippen LogP contribution in [0.4, 0.5) is 0 Å². The summed E-state index contributed by atoms with van der Waals surface area (Å²) in [5.41, 5.74) is 1.46. The Morgan fingerprint density at radius 1 is 1.42 bits per heavy atom. The second kappa shape index (κ2) is 5.83. The highest BCUT2D eigenvalue weighted by molar-refractivity contribution is 6.18.